The molecule has 2 heterocycles. The van der Waals surface area contributed by atoms with Crippen molar-refractivity contribution in [1.29, 1.82) is 0 Å². The summed E-state index contributed by atoms with van der Waals surface area (Å²) in [5.41, 5.74) is 5.07. The number of thiophene rings is 2. The van der Waals surface area contributed by atoms with E-state index in [-0.39, 0.29) is 10.8 Å². The van der Waals surface area contributed by atoms with Gasteiger partial charge in [0.25, 0.3) is 5.91 Å². The molecule has 2 aromatic rings. The van der Waals surface area contributed by atoms with E-state index in [1.54, 1.807) is 30.4 Å². The molecule has 0 atom stereocenters. The van der Waals surface area contributed by atoms with Gasteiger partial charge in [0.05, 0.1) is 16.2 Å². The second-order valence-corrected chi connectivity index (χ2v) is 7.41. The van der Waals surface area contributed by atoms with Gasteiger partial charge in [0, 0.05) is 10.3 Å². The van der Waals surface area contributed by atoms with Crippen LogP contribution in [0.3, 0.4) is 0 Å². The second kappa shape index (κ2) is 6.64. The lowest BCUT2D eigenvalue weighted by Gasteiger charge is -2.11. The third kappa shape index (κ3) is 3.35. The van der Waals surface area contributed by atoms with E-state index in [0.29, 0.717) is 5.71 Å². The number of nitrogens with zero attached hydrogens (tertiary/aromatic N) is 1. The summed E-state index contributed by atoms with van der Waals surface area (Å²) in [5.74, 6) is -1.15. The van der Waals surface area contributed by atoms with Crippen LogP contribution in [0.4, 0.5) is 0 Å². The van der Waals surface area contributed by atoms with E-state index >= 15 is 0 Å². The molecule has 0 fully saturated rings. The quantitative estimate of drug-likeness (QED) is 0.655. The van der Waals surface area contributed by atoms with E-state index in [1.807, 2.05) is 5.38 Å². The molecule has 0 spiro atoms. The monoisotopic (exact) mass is 348 g/mol. The van der Waals surface area contributed by atoms with Crippen LogP contribution in [-0.2, 0) is 12.8 Å². The third-order valence-electron chi connectivity index (χ3n) is 3.80. The van der Waals surface area contributed by atoms with Crippen molar-refractivity contribution >= 4 is 40.3 Å². The predicted octanol–water partition coefficient (Wildman–Crippen LogP) is 3.54. The molecule has 0 unspecified atom stereocenters. The van der Waals surface area contributed by atoms with Gasteiger partial charge in [-0.3, -0.25) is 4.79 Å². The van der Waals surface area contributed by atoms with Crippen LogP contribution in [0.25, 0.3) is 0 Å². The highest BCUT2D eigenvalue weighted by molar-refractivity contribution is 7.15. The molecule has 7 heteroatoms. The highest BCUT2D eigenvalue weighted by atomic mass is 32.1. The molecule has 2 N–H and O–H groups in total. The molecule has 1 aliphatic rings. The fraction of sp³-hybridized carbons (Fsp3) is 0.312. The third-order valence-corrected chi connectivity index (χ3v) is 6.08. The van der Waals surface area contributed by atoms with E-state index in [2.05, 4.69) is 10.5 Å². The lowest BCUT2D eigenvalue weighted by molar-refractivity contribution is 0.0702. The van der Waals surface area contributed by atoms with E-state index in [1.165, 1.54) is 11.3 Å². The Bertz CT molecular complexity index is 789. The number of hydrazone groups is 1. The highest BCUT2D eigenvalue weighted by Gasteiger charge is 2.20. The minimum atomic E-state index is -0.956. The van der Waals surface area contributed by atoms with Crippen LogP contribution in [0.15, 0.2) is 22.6 Å². The molecule has 0 saturated heterocycles. The van der Waals surface area contributed by atoms with Crippen molar-refractivity contribution < 1.29 is 14.7 Å². The smallest absolute Gasteiger partial charge is 0.345 e. The maximum absolute atomic E-state index is 12.3. The summed E-state index contributed by atoms with van der Waals surface area (Å²) < 4.78 is 0. The molecule has 0 aromatic carbocycles. The van der Waals surface area contributed by atoms with E-state index in [9.17, 15) is 9.59 Å². The first-order valence-corrected chi connectivity index (χ1v) is 9.03. The van der Waals surface area contributed by atoms with Gasteiger partial charge in [-0.05, 0) is 50.3 Å². The van der Waals surface area contributed by atoms with Crippen molar-refractivity contribution in [3.63, 3.8) is 0 Å². The molecular formula is C16H16N2O3S2. The van der Waals surface area contributed by atoms with Crippen LogP contribution in [0, 0.1) is 0 Å². The maximum Gasteiger partial charge on any atom is 0.345 e. The standard InChI is InChI=1S/C16H16N2O3S2/c1-9(12-6-7-14(23-12)16(20)21)17-18-15(19)11-8-22-13-5-3-2-4-10(11)13/h6-8H,2-5H2,1H3,(H,18,19)(H,20,21). The van der Waals surface area contributed by atoms with E-state index < -0.39 is 5.97 Å². The number of aromatic carboxylic acids is 1. The minimum Gasteiger partial charge on any atom is -0.477 e. The zero-order valence-corrected chi connectivity index (χ0v) is 14.2. The van der Waals surface area contributed by atoms with Crippen LogP contribution in [0.1, 0.15) is 55.1 Å². The number of carbonyl (C=O) groups excluding carboxylic acids is 1. The van der Waals surface area contributed by atoms with E-state index in [4.69, 9.17) is 5.11 Å². The molecule has 1 aliphatic carbocycles. The Kier molecular flexibility index (Phi) is 4.58. The number of hydrogen-bond acceptors (Lipinski definition) is 5. The first-order valence-electron chi connectivity index (χ1n) is 7.33. The van der Waals surface area contributed by atoms with Gasteiger partial charge in [0.2, 0.25) is 0 Å². The summed E-state index contributed by atoms with van der Waals surface area (Å²) >= 11 is 2.79. The number of nitrogens with one attached hydrogen (secondary N) is 1. The Hall–Kier alpha value is -1.99. The first kappa shape index (κ1) is 15.9. The summed E-state index contributed by atoms with van der Waals surface area (Å²) in [7, 11) is 0. The number of rotatable bonds is 4. The Morgan fingerprint density at radius 2 is 1.96 bits per heavy atom. The largest absolute Gasteiger partial charge is 0.477 e. The number of aryl methyl sites for hydroxylation is 1. The van der Waals surface area contributed by atoms with Crippen LogP contribution in [0.5, 0.6) is 0 Å². The number of carbonyl (C=O) groups is 2. The van der Waals surface area contributed by atoms with Crippen molar-refractivity contribution in [3.05, 3.63) is 43.3 Å². The Morgan fingerprint density at radius 3 is 2.70 bits per heavy atom. The van der Waals surface area contributed by atoms with Crippen LogP contribution in [-0.4, -0.2) is 22.7 Å². The molecule has 3 rings (SSSR count). The van der Waals surface area contributed by atoms with Gasteiger partial charge in [0.1, 0.15) is 4.88 Å². The average Bonchev–Trinajstić information content (AvgIpc) is 3.19. The molecule has 0 aliphatic heterocycles. The molecule has 1 amide bonds. The summed E-state index contributed by atoms with van der Waals surface area (Å²) in [6.07, 6.45) is 4.33. The van der Waals surface area contributed by atoms with Gasteiger partial charge in [-0.1, -0.05) is 0 Å². The fourth-order valence-corrected chi connectivity index (χ4v) is 4.50. The van der Waals surface area contributed by atoms with Crippen LogP contribution in [0.2, 0.25) is 0 Å². The molecule has 0 bridgehead atoms. The number of amides is 1. The number of hydrogen-bond donors (Lipinski definition) is 2. The van der Waals surface area contributed by atoms with Crippen molar-refractivity contribution in [2.24, 2.45) is 5.10 Å². The molecule has 0 radical (unpaired) electrons. The second-order valence-electron chi connectivity index (χ2n) is 5.37. The summed E-state index contributed by atoms with van der Waals surface area (Å²) in [6.45, 7) is 1.75. The Morgan fingerprint density at radius 1 is 1.22 bits per heavy atom. The van der Waals surface area contributed by atoms with Gasteiger partial charge in [-0.2, -0.15) is 5.10 Å². The molecular weight excluding hydrogens is 332 g/mol. The minimum absolute atomic E-state index is 0.196. The maximum atomic E-state index is 12.3. The summed E-state index contributed by atoms with van der Waals surface area (Å²) in [5, 5.41) is 15.0. The first-order chi connectivity index (χ1) is 11.1. The summed E-state index contributed by atoms with van der Waals surface area (Å²) in [4.78, 5) is 25.5. The summed E-state index contributed by atoms with van der Waals surface area (Å²) in [6, 6.07) is 3.24. The van der Waals surface area contributed by atoms with Crippen LogP contribution < -0.4 is 5.43 Å². The molecule has 0 saturated carbocycles. The van der Waals surface area contributed by atoms with E-state index in [0.717, 1.165) is 46.6 Å². The van der Waals surface area contributed by atoms with Gasteiger partial charge >= 0.3 is 5.97 Å². The molecule has 2 aromatic heterocycles. The molecule has 23 heavy (non-hydrogen) atoms. The van der Waals surface area contributed by atoms with Gasteiger partial charge < -0.3 is 5.11 Å². The zero-order valence-electron chi connectivity index (χ0n) is 12.6. The van der Waals surface area contributed by atoms with Crippen LogP contribution >= 0.6 is 22.7 Å². The lowest BCUT2D eigenvalue weighted by Crippen LogP contribution is -2.20. The van der Waals surface area contributed by atoms with Crippen molar-refractivity contribution in [3.8, 4) is 0 Å². The Labute approximate surface area is 141 Å². The predicted molar refractivity (Wildman–Crippen MR) is 91.9 cm³/mol. The highest BCUT2D eigenvalue weighted by Crippen LogP contribution is 2.30. The lowest BCUT2D eigenvalue weighted by atomic mass is 9.96. The fourth-order valence-electron chi connectivity index (χ4n) is 2.58. The normalized spacial score (nSPS) is 14.4. The van der Waals surface area contributed by atoms with Gasteiger partial charge in [0.15, 0.2) is 0 Å². The zero-order chi connectivity index (χ0) is 16.4. The topological polar surface area (TPSA) is 78.8 Å². The van der Waals surface area contributed by atoms with Crippen molar-refractivity contribution in [1.82, 2.24) is 5.43 Å². The average molecular weight is 348 g/mol. The van der Waals surface area contributed by atoms with Crippen molar-refractivity contribution in [2.75, 3.05) is 0 Å². The number of carboxylic acid groups (broad SMARTS) is 1. The molecule has 120 valence electrons. The Balaban J connectivity index is 1.72. The number of fused-ring (bicyclic) bond motifs is 1. The molecule has 5 nitrogen and oxygen atoms in total. The van der Waals surface area contributed by atoms with Gasteiger partial charge in [-0.25, -0.2) is 10.2 Å². The van der Waals surface area contributed by atoms with Crippen molar-refractivity contribution in [2.45, 2.75) is 32.6 Å². The number of carboxylic acids is 1. The SMILES string of the molecule is CC(=NNC(=O)c1csc2c1CCCC2)c1ccc(C(=O)O)s1. The van der Waals surface area contributed by atoms with Gasteiger partial charge in [-0.15, -0.1) is 22.7 Å².